The number of allylic oxidation sites excluding steroid dienone is 1. The first kappa shape index (κ1) is 11.8. The highest BCUT2D eigenvalue weighted by atomic mass is 16.7. The van der Waals surface area contributed by atoms with Gasteiger partial charge >= 0.3 is 7.12 Å². The molecule has 0 unspecified atom stereocenters. The molecule has 0 aromatic heterocycles. The standard InChI is InChI=1S/C14H23BO2/c1-12(2)13(3,4)17-15(16-12)10-11-8-14(9-11)6-5-7-14/h10H,5-9H2,1-4H3. The van der Waals surface area contributed by atoms with E-state index >= 15 is 0 Å². The van der Waals surface area contributed by atoms with E-state index in [2.05, 4.69) is 33.7 Å². The van der Waals surface area contributed by atoms with Crippen LogP contribution in [0.15, 0.2) is 11.5 Å². The second-order valence-electron chi connectivity index (χ2n) is 7.16. The normalized spacial score (nSPS) is 32.2. The smallest absolute Gasteiger partial charge is 0.400 e. The third kappa shape index (κ3) is 1.79. The summed E-state index contributed by atoms with van der Waals surface area (Å²) in [6, 6.07) is 0. The Labute approximate surface area is 105 Å². The van der Waals surface area contributed by atoms with Gasteiger partial charge in [0.05, 0.1) is 11.2 Å². The maximum absolute atomic E-state index is 5.99. The summed E-state index contributed by atoms with van der Waals surface area (Å²) in [7, 11) is -0.132. The number of hydrogen-bond acceptors (Lipinski definition) is 2. The van der Waals surface area contributed by atoms with Gasteiger partial charge in [-0.3, -0.25) is 0 Å². The molecule has 0 amide bonds. The summed E-state index contributed by atoms with van der Waals surface area (Å²) >= 11 is 0. The summed E-state index contributed by atoms with van der Waals surface area (Å²) in [6.45, 7) is 8.44. The van der Waals surface area contributed by atoms with Crippen LogP contribution in [0.5, 0.6) is 0 Å². The molecule has 2 saturated carbocycles. The monoisotopic (exact) mass is 234 g/mol. The molecule has 3 aliphatic rings. The maximum atomic E-state index is 5.99. The van der Waals surface area contributed by atoms with E-state index in [4.69, 9.17) is 9.31 Å². The summed E-state index contributed by atoms with van der Waals surface area (Å²) in [5, 5.41) is 0. The molecule has 0 radical (unpaired) electrons. The molecule has 3 heteroatoms. The van der Waals surface area contributed by atoms with Gasteiger partial charge in [0.2, 0.25) is 0 Å². The summed E-state index contributed by atoms with van der Waals surface area (Å²) in [5.41, 5.74) is 1.84. The van der Waals surface area contributed by atoms with Gasteiger partial charge in [-0.1, -0.05) is 18.0 Å². The molecule has 94 valence electrons. The lowest BCUT2D eigenvalue weighted by Crippen LogP contribution is -2.41. The molecule has 0 aromatic rings. The lowest BCUT2D eigenvalue weighted by atomic mass is 9.53. The van der Waals surface area contributed by atoms with Crippen molar-refractivity contribution in [3.63, 3.8) is 0 Å². The van der Waals surface area contributed by atoms with E-state index in [-0.39, 0.29) is 18.3 Å². The topological polar surface area (TPSA) is 18.5 Å². The Morgan fingerprint density at radius 1 is 1.00 bits per heavy atom. The third-order valence-corrected chi connectivity index (χ3v) is 5.26. The van der Waals surface area contributed by atoms with Gasteiger partial charge in [-0.05, 0) is 58.8 Å². The van der Waals surface area contributed by atoms with Crippen LogP contribution >= 0.6 is 0 Å². The molecule has 0 N–H and O–H groups in total. The number of rotatable bonds is 1. The molecular weight excluding hydrogens is 211 g/mol. The van der Waals surface area contributed by atoms with Crippen molar-refractivity contribution in [3.8, 4) is 0 Å². The maximum Gasteiger partial charge on any atom is 0.487 e. The molecule has 1 saturated heterocycles. The van der Waals surface area contributed by atoms with Crippen LogP contribution in [0.3, 0.4) is 0 Å². The van der Waals surface area contributed by atoms with Crippen LogP contribution in [0.25, 0.3) is 0 Å². The zero-order valence-electron chi connectivity index (χ0n) is 11.5. The van der Waals surface area contributed by atoms with E-state index < -0.39 is 0 Å². The fourth-order valence-corrected chi connectivity index (χ4v) is 3.21. The molecule has 1 heterocycles. The Kier molecular flexibility index (Phi) is 2.35. The predicted molar refractivity (Wildman–Crippen MR) is 69.7 cm³/mol. The molecule has 0 aromatic carbocycles. The van der Waals surface area contributed by atoms with Gasteiger partial charge in [0.1, 0.15) is 0 Å². The van der Waals surface area contributed by atoms with Crippen molar-refractivity contribution in [1.29, 1.82) is 0 Å². The highest BCUT2D eigenvalue weighted by Crippen LogP contribution is 2.58. The second kappa shape index (κ2) is 3.39. The lowest BCUT2D eigenvalue weighted by molar-refractivity contribution is 0.00578. The Balaban J connectivity index is 1.63. The van der Waals surface area contributed by atoms with Gasteiger partial charge in [0, 0.05) is 0 Å². The SMILES string of the molecule is CC1(C)OB(C=C2CC3(CCC3)C2)OC1(C)C. The molecule has 17 heavy (non-hydrogen) atoms. The van der Waals surface area contributed by atoms with Crippen LogP contribution in [-0.2, 0) is 9.31 Å². The second-order valence-corrected chi connectivity index (χ2v) is 7.16. The quantitative estimate of drug-likeness (QED) is 0.646. The molecule has 1 spiro atoms. The van der Waals surface area contributed by atoms with Crippen LogP contribution in [0.1, 0.15) is 59.8 Å². The van der Waals surface area contributed by atoms with Crippen molar-refractivity contribution in [3.05, 3.63) is 11.5 Å². The van der Waals surface area contributed by atoms with Crippen LogP contribution < -0.4 is 0 Å². The highest BCUT2D eigenvalue weighted by molar-refractivity contribution is 6.51. The van der Waals surface area contributed by atoms with E-state index in [0.29, 0.717) is 5.41 Å². The third-order valence-electron chi connectivity index (χ3n) is 5.26. The van der Waals surface area contributed by atoms with Crippen molar-refractivity contribution in [2.24, 2.45) is 5.41 Å². The van der Waals surface area contributed by atoms with E-state index in [1.54, 1.807) is 5.57 Å². The first-order valence-corrected chi connectivity index (χ1v) is 6.87. The van der Waals surface area contributed by atoms with Crippen molar-refractivity contribution in [2.45, 2.75) is 71.0 Å². The molecule has 2 nitrogen and oxygen atoms in total. The first-order valence-electron chi connectivity index (χ1n) is 6.87. The van der Waals surface area contributed by atoms with E-state index in [0.717, 1.165) is 0 Å². The van der Waals surface area contributed by atoms with Gasteiger partial charge in [-0.2, -0.15) is 0 Å². The van der Waals surface area contributed by atoms with E-state index in [1.807, 2.05) is 0 Å². The first-order chi connectivity index (χ1) is 7.82. The van der Waals surface area contributed by atoms with Crippen LogP contribution in [0.4, 0.5) is 0 Å². The van der Waals surface area contributed by atoms with Crippen molar-refractivity contribution >= 4 is 7.12 Å². The van der Waals surface area contributed by atoms with Crippen LogP contribution in [-0.4, -0.2) is 18.3 Å². The Morgan fingerprint density at radius 2 is 1.53 bits per heavy atom. The minimum atomic E-state index is -0.202. The Hall–Kier alpha value is -0.275. The van der Waals surface area contributed by atoms with E-state index in [1.165, 1.54) is 32.1 Å². The average molecular weight is 234 g/mol. The van der Waals surface area contributed by atoms with E-state index in [9.17, 15) is 0 Å². The summed E-state index contributed by atoms with van der Waals surface area (Å²) in [6.07, 6.45) is 6.89. The number of hydrogen-bond donors (Lipinski definition) is 0. The van der Waals surface area contributed by atoms with Crippen LogP contribution in [0, 0.1) is 5.41 Å². The zero-order valence-corrected chi connectivity index (χ0v) is 11.5. The van der Waals surface area contributed by atoms with Gasteiger partial charge < -0.3 is 9.31 Å². The Morgan fingerprint density at radius 3 is 1.94 bits per heavy atom. The summed E-state index contributed by atoms with van der Waals surface area (Å²) in [4.78, 5) is 0. The van der Waals surface area contributed by atoms with Gasteiger partial charge in [0.25, 0.3) is 0 Å². The highest BCUT2D eigenvalue weighted by Gasteiger charge is 2.51. The lowest BCUT2D eigenvalue weighted by Gasteiger charge is -2.51. The molecule has 3 rings (SSSR count). The fraction of sp³-hybridized carbons (Fsp3) is 0.857. The fourth-order valence-electron chi connectivity index (χ4n) is 3.21. The predicted octanol–water partition coefficient (Wildman–Crippen LogP) is 3.51. The molecule has 2 aliphatic carbocycles. The van der Waals surface area contributed by atoms with Gasteiger partial charge in [0.15, 0.2) is 0 Å². The molecule has 0 bridgehead atoms. The average Bonchev–Trinajstić information content (AvgIpc) is 2.24. The van der Waals surface area contributed by atoms with Crippen molar-refractivity contribution < 1.29 is 9.31 Å². The minimum absolute atomic E-state index is 0.132. The summed E-state index contributed by atoms with van der Waals surface area (Å²) < 4.78 is 12.0. The van der Waals surface area contributed by atoms with Crippen molar-refractivity contribution in [1.82, 2.24) is 0 Å². The largest absolute Gasteiger partial charge is 0.487 e. The van der Waals surface area contributed by atoms with Crippen molar-refractivity contribution in [2.75, 3.05) is 0 Å². The van der Waals surface area contributed by atoms with Crippen LogP contribution in [0.2, 0.25) is 0 Å². The van der Waals surface area contributed by atoms with Gasteiger partial charge in [-0.25, -0.2) is 0 Å². The molecule has 3 fully saturated rings. The Bertz CT molecular complexity index is 340. The summed E-state index contributed by atoms with van der Waals surface area (Å²) in [5.74, 6) is 2.22. The molecule has 0 atom stereocenters. The zero-order chi connectivity index (χ0) is 12.3. The molecular formula is C14H23BO2. The van der Waals surface area contributed by atoms with Gasteiger partial charge in [-0.15, -0.1) is 0 Å². The molecule has 1 aliphatic heterocycles. The minimum Gasteiger partial charge on any atom is -0.400 e.